The summed E-state index contributed by atoms with van der Waals surface area (Å²) >= 11 is 0. The van der Waals surface area contributed by atoms with E-state index in [-0.39, 0.29) is 5.60 Å². The number of aryl methyl sites for hydroxylation is 1. The van der Waals surface area contributed by atoms with Crippen molar-refractivity contribution >= 4 is 37.7 Å². The van der Waals surface area contributed by atoms with Crippen LogP contribution in [-0.2, 0) is 8.54 Å². The average molecular weight is 381 g/mol. The lowest BCUT2D eigenvalue weighted by Gasteiger charge is -2.57. The van der Waals surface area contributed by atoms with Gasteiger partial charge in [-0.25, -0.2) is 0 Å². The van der Waals surface area contributed by atoms with Gasteiger partial charge in [-0.15, -0.1) is 0 Å². The van der Waals surface area contributed by atoms with Crippen LogP contribution in [0.4, 0.5) is 0 Å². The maximum absolute atomic E-state index is 6.72. The van der Waals surface area contributed by atoms with E-state index in [4.69, 9.17) is 8.54 Å². The molecule has 0 bridgehead atoms. The van der Waals surface area contributed by atoms with Gasteiger partial charge in [0, 0.05) is 7.59 Å². The Balaban J connectivity index is 2.30. The molecule has 0 saturated carbocycles. The predicted octanol–water partition coefficient (Wildman–Crippen LogP) is 4.02. The zero-order valence-corrected chi connectivity index (χ0v) is 20.3. The van der Waals surface area contributed by atoms with Gasteiger partial charge in [0.1, 0.15) is 7.11 Å². The van der Waals surface area contributed by atoms with Gasteiger partial charge in [0.2, 0.25) is 0 Å². The first-order chi connectivity index (χ1) is 10.3. The fourth-order valence-corrected chi connectivity index (χ4v) is 36.4. The third-order valence-corrected chi connectivity index (χ3v) is 46.1. The maximum Gasteiger partial charge on any atom is 0.300 e. The van der Waals surface area contributed by atoms with E-state index in [0.717, 1.165) is 0 Å². The molecule has 2 radical (unpaired) electrons. The van der Waals surface area contributed by atoms with Crippen LogP contribution < -0.4 is 5.19 Å². The van der Waals surface area contributed by atoms with Gasteiger partial charge in [-0.05, 0) is 56.6 Å². The molecular formula is C17H32O2Si4. The molecule has 0 amide bonds. The molecule has 1 atom stereocenters. The van der Waals surface area contributed by atoms with E-state index in [0.29, 0.717) is 9.76 Å². The summed E-state index contributed by atoms with van der Waals surface area (Å²) in [6.45, 7) is 21.5. The van der Waals surface area contributed by atoms with E-state index in [2.05, 4.69) is 78.6 Å². The van der Waals surface area contributed by atoms with Crippen molar-refractivity contribution in [3.8, 4) is 0 Å². The minimum Gasteiger partial charge on any atom is -0.435 e. The molecule has 23 heavy (non-hydrogen) atoms. The minimum atomic E-state index is -2.15. The highest BCUT2D eigenvalue weighted by atomic mass is 29.7. The quantitative estimate of drug-likeness (QED) is 0.737. The summed E-state index contributed by atoms with van der Waals surface area (Å²) in [5.74, 6) is 0. The first kappa shape index (κ1) is 19.3. The first-order valence-electron chi connectivity index (χ1n) is 8.52. The van der Waals surface area contributed by atoms with Crippen LogP contribution in [0.25, 0.3) is 0 Å². The summed E-state index contributed by atoms with van der Waals surface area (Å²) in [7, 11) is -4.53. The highest BCUT2D eigenvalue weighted by molar-refractivity contribution is 7.67. The van der Waals surface area contributed by atoms with Gasteiger partial charge in [-0.2, -0.15) is 0 Å². The van der Waals surface area contributed by atoms with E-state index in [1.165, 1.54) is 22.4 Å². The summed E-state index contributed by atoms with van der Waals surface area (Å²) in [5.41, 5.74) is 2.70. The van der Waals surface area contributed by atoms with E-state index >= 15 is 0 Å². The summed E-state index contributed by atoms with van der Waals surface area (Å²) in [4.78, 5) is 0. The number of hydrogen-bond donors (Lipinski definition) is 0. The van der Waals surface area contributed by atoms with E-state index in [1.807, 2.05) is 0 Å². The normalized spacial score (nSPS) is 28.6. The molecule has 6 heteroatoms. The highest BCUT2D eigenvalue weighted by Crippen LogP contribution is 2.44. The zero-order valence-electron chi connectivity index (χ0n) is 16.3. The molecule has 1 fully saturated rings. The molecule has 128 valence electrons. The van der Waals surface area contributed by atoms with Crippen molar-refractivity contribution in [3.05, 3.63) is 29.3 Å². The molecule has 1 aliphatic heterocycles. The van der Waals surface area contributed by atoms with Crippen LogP contribution in [0.2, 0.25) is 38.8 Å². The molecule has 0 N–H and O–H groups in total. The van der Waals surface area contributed by atoms with Gasteiger partial charge in [0.05, 0.1) is 5.60 Å². The lowest BCUT2D eigenvalue weighted by atomic mass is 10.1. The van der Waals surface area contributed by atoms with E-state index < -0.39 is 22.8 Å². The van der Waals surface area contributed by atoms with Crippen molar-refractivity contribution in [2.45, 2.75) is 72.1 Å². The number of hydrogen-bond acceptors (Lipinski definition) is 2. The second kappa shape index (κ2) is 6.07. The van der Waals surface area contributed by atoms with E-state index in [9.17, 15) is 0 Å². The molecule has 2 nitrogen and oxygen atoms in total. The Hall–Kier alpha value is 0.00753. The first-order valence-corrected chi connectivity index (χ1v) is 19.9. The Bertz CT molecular complexity index is 598. The van der Waals surface area contributed by atoms with Gasteiger partial charge < -0.3 is 8.54 Å². The molecule has 1 aromatic rings. The van der Waals surface area contributed by atoms with Crippen molar-refractivity contribution in [1.29, 1.82) is 0 Å². The molecule has 2 rings (SSSR count). The van der Waals surface area contributed by atoms with Gasteiger partial charge in [-0.1, -0.05) is 44.4 Å². The topological polar surface area (TPSA) is 18.5 Å². The molecular weight excluding hydrogens is 349 g/mol. The standard InChI is InChI=1S/C17H32O2Si4/c1-14-11-10-12-16(15(14)2)20-19-23(9)18-17(3,4)13-21(5,6)22(23,7)8/h10-12H,13H2,1-9H3. The van der Waals surface area contributed by atoms with Crippen molar-refractivity contribution < 1.29 is 8.54 Å². The average Bonchev–Trinajstić information content (AvgIpc) is 2.37. The molecule has 1 heterocycles. The van der Waals surface area contributed by atoms with Gasteiger partial charge in [0.25, 0.3) is 9.76 Å². The lowest BCUT2D eigenvalue weighted by molar-refractivity contribution is 0.0964. The fraction of sp³-hybridized carbons (Fsp3) is 0.647. The Labute approximate surface area is 147 Å². The fourth-order valence-electron chi connectivity index (χ4n) is 3.75. The SMILES string of the molecule is Cc1cccc([Si]O[Si]2(C)OC(C)(C)C[Si](C)(C)[Si]2(C)C)c1C. The second-order valence-corrected chi connectivity index (χ2v) is 35.8. The van der Waals surface area contributed by atoms with Crippen LogP contribution in [-0.4, -0.2) is 38.1 Å². The summed E-state index contributed by atoms with van der Waals surface area (Å²) in [6, 6.07) is 7.80. The zero-order chi connectivity index (χ0) is 17.7. The highest BCUT2D eigenvalue weighted by Gasteiger charge is 2.64. The Morgan fingerprint density at radius 3 is 2.30 bits per heavy atom. The third-order valence-electron chi connectivity index (χ3n) is 6.13. The van der Waals surface area contributed by atoms with Crippen molar-refractivity contribution in [3.63, 3.8) is 0 Å². The molecule has 1 unspecified atom stereocenters. The van der Waals surface area contributed by atoms with E-state index in [1.54, 1.807) is 0 Å². The number of rotatable bonds is 3. The Morgan fingerprint density at radius 1 is 1.09 bits per heavy atom. The largest absolute Gasteiger partial charge is 0.435 e. The summed E-state index contributed by atoms with van der Waals surface area (Å²) < 4.78 is 13.4. The Morgan fingerprint density at radius 2 is 1.70 bits per heavy atom. The third kappa shape index (κ3) is 3.52. The smallest absolute Gasteiger partial charge is 0.300 e. The second-order valence-electron chi connectivity index (χ2n) is 8.94. The number of benzene rings is 1. The Kier molecular flexibility index (Phi) is 5.10. The monoisotopic (exact) mass is 380 g/mol. The van der Waals surface area contributed by atoms with Gasteiger partial charge >= 0.3 is 8.08 Å². The molecule has 0 aliphatic carbocycles. The summed E-state index contributed by atoms with van der Waals surface area (Å²) in [5, 5.41) is 1.34. The van der Waals surface area contributed by atoms with Crippen LogP contribution >= 0.6 is 0 Å². The maximum atomic E-state index is 6.72. The molecule has 1 aromatic carbocycles. The predicted molar refractivity (Wildman–Crippen MR) is 109 cm³/mol. The minimum absolute atomic E-state index is 0.0225. The van der Waals surface area contributed by atoms with Crippen molar-refractivity contribution in [1.82, 2.24) is 0 Å². The van der Waals surface area contributed by atoms with Gasteiger partial charge in [-0.3, -0.25) is 0 Å². The van der Waals surface area contributed by atoms with Crippen LogP contribution in [0.15, 0.2) is 18.2 Å². The molecule has 0 aromatic heterocycles. The van der Waals surface area contributed by atoms with Gasteiger partial charge in [0.15, 0.2) is 0 Å². The summed E-state index contributed by atoms with van der Waals surface area (Å²) in [6.07, 6.45) is 0. The van der Waals surface area contributed by atoms with Crippen LogP contribution in [0.1, 0.15) is 25.0 Å². The van der Waals surface area contributed by atoms with Crippen molar-refractivity contribution in [2.75, 3.05) is 0 Å². The molecule has 0 spiro atoms. The van der Waals surface area contributed by atoms with Crippen LogP contribution in [0, 0.1) is 13.8 Å². The lowest BCUT2D eigenvalue weighted by Crippen LogP contribution is -2.80. The van der Waals surface area contributed by atoms with Crippen LogP contribution in [0.3, 0.4) is 0 Å². The molecule has 1 saturated heterocycles. The van der Waals surface area contributed by atoms with Crippen molar-refractivity contribution in [2.24, 2.45) is 0 Å². The van der Waals surface area contributed by atoms with Crippen LogP contribution in [0.5, 0.6) is 0 Å². The molecule has 1 aliphatic rings.